The van der Waals surface area contributed by atoms with Gasteiger partial charge in [0.1, 0.15) is 5.82 Å². The Labute approximate surface area is 159 Å². The third-order valence-electron chi connectivity index (χ3n) is 5.26. The number of benzene rings is 1. The molecule has 1 atom stereocenters. The van der Waals surface area contributed by atoms with Gasteiger partial charge in [-0.1, -0.05) is 24.3 Å². The Morgan fingerprint density at radius 2 is 2.07 bits per heavy atom. The summed E-state index contributed by atoms with van der Waals surface area (Å²) in [6.45, 7) is 3.77. The monoisotopic (exact) mass is 388 g/mol. The standard InChI is InChI=1S/C19H24N4O3S/c1-14-10-18(23(21-14)17-7-9-27(25,26)13-17)20-19(24)12-22-8-6-15-4-2-3-5-16(15)11-22/h2-5,10,17H,6-9,11-13H2,1H3,(H,20,24). The molecule has 1 fully saturated rings. The van der Waals surface area contributed by atoms with Crippen LogP contribution in [-0.2, 0) is 27.6 Å². The number of rotatable bonds is 4. The molecule has 1 aromatic carbocycles. The van der Waals surface area contributed by atoms with Crippen LogP contribution in [0.1, 0.15) is 29.3 Å². The van der Waals surface area contributed by atoms with Gasteiger partial charge in [-0.2, -0.15) is 5.10 Å². The summed E-state index contributed by atoms with van der Waals surface area (Å²) in [4.78, 5) is 14.7. The highest BCUT2D eigenvalue weighted by Gasteiger charge is 2.31. The second-order valence-electron chi connectivity index (χ2n) is 7.45. The van der Waals surface area contributed by atoms with E-state index in [-0.39, 0.29) is 23.5 Å². The molecule has 1 N–H and O–H groups in total. The van der Waals surface area contributed by atoms with Crippen molar-refractivity contribution in [1.82, 2.24) is 14.7 Å². The van der Waals surface area contributed by atoms with Crippen LogP contribution in [0.4, 0.5) is 5.82 Å². The highest BCUT2D eigenvalue weighted by atomic mass is 32.2. The predicted molar refractivity (Wildman–Crippen MR) is 103 cm³/mol. The quantitative estimate of drug-likeness (QED) is 0.859. The van der Waals surface area contributed by atoms with Gasteiger partial charge in [0.05, 0.1) is 29.8 Å². The normalized spacial score (nSPS) is 21.7. The summed E-state index contributed by atoms with van der Waals surface area (Å²) < 4.78 is 25.2. The number of aromatic nitrogens is 2. The first kappa shape index (κ1) is 18.2. The highest BCUT2D eigenvalue weighted by molar-refractivity contribution is 7.91. The van der Waals surface area contributed by atoms with Crippen LogP contribution in [0.5, 0.6) is 0 Å². The molecule has 2 aliphatic heterocycles. The fourth-order valence-corrected chi connectivity index (χ4v) is 5.62. The van der Waals surface area contributed by atoms with Gasteiger partial charge in [0.15, 0.2) is 9.84 Å². The number of aryl methyl sites for hydroxylation is 1. The van der Waals surface area contributed by atoms with Crippen LogP contribution in [-0.4, -0.2) is 53.6 Å². The smallest absolute Gasteiger partial charge is 0.239 e. The number of amides is 1. The maximum absolute atomic E-state index is 12.6. The van der Waals surface area contributed by atoms with Crippen molar-refractivity contribution in [1.29, 1.82) is 0 Å². The molecule has 2 aliphatic rings. The number of nitrogens with zero attached hydrogens (tertiary/aromatic N) is 3. The molecule has 1 unspecified atom stereocenters. The molecular formula is C19H24N4O3S. The first-order valence-electron chi connectivity index (χ1n) is 9.25. The second-order valence-corrected chi connectivity index (χ2v) is 9.68. The van der Waals surface area contributed by atoms with E-state index >= 15 is 0 Å². The fourth-order valence-electron chi connectivity index (χ4n) is 3.93. The van der Waals surface area contributed by atoms with Gasteiger partial charge >= 0.3 is 0 Å². The lowest BCUT2D eigenvalue weighted by molar-refractivity contribution is -0.117. The van der Waals surface area contributed by atoms with E-state index in [0.29, 0.717) is 18.8 Å². The van der Waals surface area contributed by atoms with E-state index in [4.69, 9.17) is 0 Å². The van der Waals surface area contributed by atoms with Crippen LogP contribution >= 0.6 is 0 Å². The maximum Gasteiger partial charge on any atom is 0.239 e. The third-order valence-corrected chi connectivity index (χ3v) is 7.01. The number of anilines is 1. The zero-order valence-corrected chi connectivity index (χ0v) is 16.2. The SMILES string of the molecule is Cc1cc(NC(=O)CN2CCc3ccccc3C2)n(C2CCS(=O)(=O)C2)n1. The fraction of sp³-hybridized carbons (Fsp3) is 0.474. The number of hydrogen-bond donors (Lipinski definition) is 1. The number of sulfone groups is 1. The van der Waals surface area contributed by atoms with Crippen LogP contribution in [0.3, 0.4) is 0 Å². The van der Waals surface area contributed by atoms with Crippen molar-refractivity contribution < 1.29 is 13.2 Å². The molecule has 7 nitrogen and oxygen atoms in total. The molecule has 27 heavy (non-hydrogen) atoms. The number of carbonyl (C=O) groups is 1. The van der Waals surface area contributed by atoms with Gasteiger partial charge in [0.2, 0.25) is 5.91 Å². The van der Waals surface area contributed by atoms with Crippen molar-refractivity contribution in [3.63, 3.8) is 0 Å². The summed E-state index contributed by atoms with van der Waals surface area (Å²) in [6, 6.07) is 9.92. The van der Waals surface area contributed by atoms with Gasteiger partial charge in [0, 0.05) is 19.2 Å². The minimum Gasteiger partial charge on any atom is -0.310 e. The topological polar surface area (TPSA) is 84.3 Å². The van der Waals surface area contributed by atoms with Crippen LogP contribution in [0.2, 0.25) is 0 Å². The summed E-state index contributed by atoms with van der Waals surface area (Å²) in [5.74, 6) is 0.741. The van der Waals surface area contributed by atoms with Gasteiger partial charge in [0.25, 0.3) is 0 Å². The lowest BCUT2D eigenvalue weighted by Gasteiger charge is -2.28. The Balaban J connectivity index is 1.42. The molecule has 0 bridgehead atoms. The molecule has 8 heteroatoms. The number of fused-ring (bicyclic) bond motifs is 1. The summed E-state index contributed by atoms with van der Waals surface area (Å²) in [5, 5.41) is 7.34. The molecule has 1 aromatic heterocycles. The minimum absolute atomic E-state index is 0.0832. The van der Waals surface area contributed by atoms with Crippen molar-refractivity contribution in [3.8, 4) is 0 Å². The Hall–Kier alpha value is -2.19. The summed E-state index contributed by atoms with van der Waals surface area (Å²) in [7, 11) is -3.01. The van der Waals surface area contributed by atoms with Crippen LogP contribution in [0.25, 0.3) is 0 Å². The molecule has 0 spiro atoms. The van der Waals surface area contributed by atoms with E-state index in [1.54, 1.807) is 10.7 Å². The van der Waals surface area contributed by atoms with E-state index in [1.807, 2.05) is 19.1 Å². The number of nitrogens with one attached hydrogen (secondary N) is 1. The van der Waals surface area contributed by atoms with Crippen molar-refractivity contribution in [2.75, 3.05) is 29.9 Å². The van der Waals surface area contributed by atoms with E-state index in [9.17, 15) is 13.2 Å². The Bertz CT molecular complexity index is 967. The Morgan fingerprint density at radius 3 is 2.81 bits per heavy atom. The second kappa shape index (κ2) is 7.09. The zero-order chi connectivity index (χ0) is 19.0. The molecule has 0 radical (unpaired) electrons. The van der Waals surface area contributed by atoms with Gasteiger partial charge in [-0.25, -0.2) is 13.1 Å². The zero-order valence-electron chi connectivity index (χ0n) is 15.4. The summed E-state index contributed by atoms with van der Waals surface area (Å²) >= 11 is 0. The Morgan fingerprint density at radius 1 is 1.30 bits per heavy atom. The van der Waals surface area contributed by atoms with Gasteiger partial charge in [-0.05, 0) is 30.9 Å². The molecule has 4 rings (SSSR count). The van der Waals surface area contributed by atoms with Gasteiger partial charge in [-0.3, -0.25) is 9.69 Å². The number of carbonyl (C=O) groups excluding carboxylic acids is 1. The maximum atomic E-state index is 12.6. The largest absolute Gasteiger partial charge is 0.310 e. The van der Waals surface area contributed by atoms with Crippen molar-refractivity contribution in [2.45, 2.75) is 32.4 Å². The lowest BCUT2D eigenvalue weighted by Crippen LogP contribution is -2.37. The van der Waals surface area contributed by atoms with E-state index < -0.39 is 9.84 Å². The van der Waals surface area contributed by atoms with Gasteiger partial charge < -0.3 is 5.32 Å². The van der Waals surface area contributed by atoms with E-state index in [0.717, 1.165) is 25.2 Å². The summed E-state index contributed by atoms with van der Waals surface area (Å²) in [6.07, 6.45) is 1.48. The third kappa shape index (κ3) is 4.06. The molecule has 1 saturated heterocycles. The van der Waals surface area contributed by atoms with Gasteiger partial charge in [-0.15, -0.1) is 0 Å². The molecule has 0 saturated carbocycles. The number of hydrogen-bond acceptors (Lipinski definition) is 5. The molecule has 1 amide bonds. The van der Waals surface area contributed by atoms with Crippen molar-refractivity contribution >= 4 is 21.6 Å². The molecule has 0 aliphatic carbocycles. The average Bonchev–Trinajstić information content (AvgIpc) is 3.16. The first-order valence-corrected chi connectivity index (χ1v) is 11.1. The molecule has 144 valence electrons. The summed E-state index contributed by atoms with van der Waals surface area (Å²) in [5.41, 5.74) is 3.39. The Kier molecular flexibility index (Phi) is 4.77. The van der Waals surface area contributed by atoms with Crippen LogP contribution < -0.4 is 5.32 Å². The van der Waals surface area contributed by atoms with Crippen molar-refractivity contribution in [3.05, 3.63) is 47.2 Å². The molecule has 3 heterocycles. The molecular weight excluding hydrogens is 364 g/mol. The minimum atomic E-state index is -3.01. The predicted octanol–water partition coefficient (Wildman–Crippen LogP) is 1.55. The molecule has 2 aromatic rings. The van der Waals surface area contributed by atoms with Crippen LogP contribution in [0.15, 0.2) is 30.3 Å². The van der Waals surface area contributed by atoms with E-state index in [1.165, 1.54) is 11.1 Å². The average molecular weight is 388 g/mol. The van der Waals surface area contributed by atoms with Crippen molar-refractivity contribution in [2.24, 2.45) is 0 Å². The first-order chi connectivity index (χ1) is 12.9. The van der Waals surface area contributed by atoms with E-state index in [2.05, 4.69) is 27.4 Å². The van der Waals surface area contributed by atoms with Crippen LogP contribution in [0, 0.1) is 6.92 Å². The lowest BCUT2D eigenvalue weighted by atomic mass is 10.00. The highest BCUT2D eigenvalue weighted by Crippen LogP contribution is 2.27.